The van der Waals surface area contributed by atoms with Gasteiger partial charge in [0.05, 0.1) is 11.0 Å². The molecule has 7 heteroatoms. The molecule has 0 radical (unpaired) electrons. The number of nitrogens with two attached hydrogens (primary N) is 1. The summed E-state index contributed by atoms with van der Waals surface area (Å²) in [5.74, 6) is 0. The van der Waals surface area contributed by atoms with Crippen LogP contribution in [0, 0.1) is 0 Å². The number of benzene rings is 1. The summed E-state index contributed by atoms with van der Waals surface area (Å²) >= 11 is 3.27. The van der Waals surface area contributed by atoms with E-state index < -0.39 is 10.0 Å². The second-order valence-electron chi connectivity index (χ2n) is 5.53. The zero-order chi connectivity index (χ0) is 14.5. The van der Waals surface area contributed by atoms with Gasteiger partial charge in [0, 0.05) is 22.2 Å². The van der Waals surface area contributed by atoms with E-state index >= 15 is 0 Å². The van der Waals surface area contributed by atoms with Crippen molar-refractivity contribution in [3.63, 3.8) is 0 Å². The van der Waals surface area contributed by atoms with Gasteiger partial charge < -0.3 is 10.8 Å². The number of hydrogen-bond donors (Lipinski definition) is 2. The van der Waals surface area contributed by atoms with Crippen molar-refractivity contribution >= 4 is 31.6 Å². The highest BCUT2D eigenvalue weighted by atomic mass is 79.9. The van der Waals surface area contributed by atoms with E-state index in [2.05, 4.69) is 15.9 Å². The predicted molar refractivity (Wildman–Crippen MR) is 79.6 cm³/mol. The van der Waals surface area contributed by atoms with Gasteiger partial charge in [-0.2, -0.15) is 4.31 Å². The Morgan fingerprint density at radius 3 is 2.40 bits per heavy atom. The summed E-state index contributed by atoms with van der Waals surface area (Å²) in [5.41, 5.74) is 6.22. The third kappa shape index (κ3) is 2.26. The van der Waals surface area contributed by atoms with Gasteiger partial charge in [-0.15, -0.1) is 0 Å². The van der Waals surface area contributed by atoms with Crippen LogP contribution >= 0.6 is 15.9 Å². The molecule has 5 nitrogen and oxygen atoms in total. The van der Waals surface area contributed by atoms with Crippen molar-refractivity contribution in [1.29, 1.82) is 0 Å². The molecule has 0 amide bonds. The molecule has 0 aromatic heterocycles. The van der Waals surface area contributed by atoms with E-state index in [1.54, 1.807) is 22.5 Å². The maximum Gasteiger partial charge on any atom is 0.243 e. The van der Waals surface area contributed by atoms with Crippen LogP contribution in [0.15, 0.2) is 27.6 Å². The number of hydrogen-bond acceptors (Lipinski definition) is 4. The van der Waals surface area contributed by atoms with Crippen molar-refractivity contribution in [3.8, 4) is 0 Å². The number of aliphatic hydroxyl groups excluding tert-OH is 1. The van der Waals surface area contributed by atoms with Gasteiger partial charge in [0.25, 0.3) is 0 Å². The molecule has 2 atom stereocenters. The Labute approximate surface area is 126 Å². The zero-order valence-corrected chi connectivity index (χ0v) is 13.3. The molecule has 2 saturated heterocycles. The van der Waals surface area contributed by atoms with Crippen molar-refractivity contribution in [2.45, 2.75) is 48.8 Å². The minimum atomic E-state index is -3.52. The summed E-state index contributed by atoms with van der Waals surface area (Å²) < 4.78 is 27.8. The van der Waals surface area contributed by atoms with Crippen LogP contribution in [0.5, 0.6) is 0 Å². The van der Waals surface area contributed by atoms with Crippen molar-refractivity contribution in [3.05, 3.63) is 22.7 Å². The number of nitrogen functional groups attached to an aromatic ring is 1. The molecule has 2 heterocycles. The summed E-state index contributed by atoms with van der Waals surface area (Å²) in [6.45, 7) is 0. The Kier molecular flexibility index (Phi) is 3.56. The highest BCUT2D eigenvalue weighted by Gasteiger charge is 2.46. The molecule has 2 fully saturated rings. The number of rotatable bonds is 2. The maximum atomic E-state index is 12.8. The van der Waals surface area contributed by atoms with E-state index in [-0.39, 0.29) is 23.1 Å². The molecule has 110 valence electrons. The SMILES string of the molecule is Nc1ccc(S(=O)(=O)N2C3CCC2CC(O)C3)cc1Br. The highest BCUT2D eigenvalue weighted by Crippen LogP contribution is 2.40. The lowest BCUT2D eigenvalue weighted by molar-refractivity contribution is 0.0769. The maximum absolute atomic E-state index is 12.8. The summed E-state index contributed by atoms with van der Waals surface area (Å²) in [7, 11) is -3.52. The molecule has 0 aliphatic carbocycles. The van der Waals surface area contributed by atoms with E-state index in [1.807, 2.05) is 0 Å². The van der Waals surface area contributed by atoms with E-state index in [1.165, 1.54) is 0 Å². The smallest absolute Gasteiger partial charge is 0.243 e. The largest absolute Gasteiger partial charge is 0.398 e. The fourth-order valence-corrected chi connectivity index (χ4v) is 5.74. The molecule has 0 saturated carbocycles. The quantitative estimate of drug-likeness (QED) is 0.786. The second kappa shape index (κ2) is 4.98. The topological polar surface area (TPSA) is 83.6 Å². The van der Waals surface area contributed by atoms with Crippen LogP contribution in [-0.4, -0.2) is 36.0 Å². The first kappa shape index (κ1) is 14.3. The minimum Gasteiger partial charge on any atom is -0.398 e. The van der Waals surface area contributed by atoms with Crippen LogP contribution in [0.2, 0.25) is 0 Å². The molecular formula is C13H17BrN2O3S. The zero-order valence-electron chi connectivity index (χ0n) is 10.9. The van der Waals surface area contributed by atoms with Crippen LogP contribution in [0.1, 0.15) is 25.7 Å². The minimum absolute atomic E-state index is 0.0786. The summed E-state index contributed by atoms with van der Waals surface area (Å²) in [4.78, 5) is 0.256. The number of anilines is 1. The molecule has 3 rings (SSSR count). The number of nitrogens with zero attached hydrogens (tertiary/aromatic N) is 1. The normalized spacial score (nSPS) is 30.6. The lowest BCUT2D eigenvalue weighted by atomic mass is 10.0. The first-order valence-corrected chi connectivity index (χ1v) is 8.89. The average Bonchev–Trinajstić information content (AvgIpc) is 2.66. The molecule has 1 aromatic carbocycles. The number of fused-ring (bicyclic) bond motifs is 2. The third-order valence-electron chi connectivity index (χ3n) is 4.19. The van der Waals surface area contributed by atoms with Gasteiger partial charge in [0.1, 0.15) is 0 Å². The van der Waals surface area contributed by atoms with Gasteiger partial charge in [-0.1, -0.05) is 0 Å². The van der Waals surface area contributed by atoms with Crippen molar-refractivity contribution in [2.75, 3.05) is 5.73 Å². The number of piperidine rings is 1. The van der Waals surface area contributed by atoms with E-state index in [0.29, 0.717) is 23.0 Å². The standard InChI is InChI=1S/C13H17BrN2O3S/c14-12-7-11(3-4-13(12)15)20(18,19)16-8-1-2-9(16)6-10(17)5-8/h3-4,7-10,17H,1-2,5-6,15H2. The predicted octanol–water partition coefficient (Wildman–Crippen LogP) is 1.71. The van der Waals surface area contributed by atoms with E-state index in [4.69, 9.17) is 5.73 Å². The monoisotopic (exact) mass is 360 g/mol. The third-order valence-corrected chi connectivity index (χ3v) is 6.88. The highest BCUT2D eigenvalue weighted by molar-refractivity contribution is 9.10. The lowest BCUT2D eigenvalue weighted by Crippen LogP contribution is -2.47. The van der Waals surface area contributed by atoms with Gasteiger partial charge in [-0.25, -0.2) is 8.42 Å². The second-order valence-corrected chi connectivity index (χ2v) is 8.23. The number of aliphatic hydroxyl groups is 1. The molecule has 2 aliphatic heterocycles. The molecular weight excluding hydrogens is 344 g/mol. The molecule has 1 aromatic rings. The molecule has 20 heavy (non-hydrogen) atoms. The molecule has 2 aliphatic rings. The molecule has 2 unspecified atom stereocenters. The van der Waals surface area contributed by atoms with Crippen LogP contribution in [0.3, 0.4) is 0 Å². The summed E-state index contributed by atoms with van der Waals surface area (Å²) in [5, 5.41) is 9.78. The van der Waals surface area contributed by atoms with Crippen LogP contribution in [0.25, 0.3) is 0 Å². The van der Waals surface area contributed by atoms with Gasteiger partial charge >= 0.3 is 0 Å². The average molecular weight is 361 g/mol. The fourth-order valence-electron chi connectivity index (χ4n) is 3.29. The van der Waals surface area contributed by atoms with Gasteiger partial charge in [0.2, 0.25) is 10.0 Å². The van der Waals surface area contributed by atoms with E-state index in [0.717, 1.165) is 12.8 Å². The number of halogens is 1. The Hall–Kier alpha value is -0.630. The van der Waals surface area contributed by atoms with Crippen molar-refractivity contribution < 1.29 is 13.5 Å². The number of sulfonamides is 1. The van der Waals surface area contributed by atoms with Crippen molar-refractivity contribution in [1.82, 2.24) is 4.31 Å². The van der Waals surface area contributed by atoms with Crippen LogP contribution < -0.4 is 5.73 Å². The van der Waals surface area contributed by atoms with Gasteiger partial charge in [0.15, 0.2) is 0 Å². The first-order valence-electron chi connectivity index (χ1n) is 6.66. The van der Waals surface area contributed by atoms with Crippen LogP contribution in [-0.2, 0) is 10.0 Å². The van der Waals surface area contributed by atoms with Crippen molar-refractivity contribution in [2.24, 2.45) is 0 Å². The molecule has 2 bridgehead atoms. The Morgan fingerprint density at radius 1 is 1.25 bits per heavy atom. The van der Waals surface area contributed by atoms with Crippen LogP contribution in [0.4, 0.5) is 5.69 Å². The van der Waals surface area contributed by atoms with E-state index in [9.17, 15) is 13.5 Å². The summed E-state index contributed by atoms with van der Waals surface area (Å²) in [6, 6.07) is 4.53. The Morgan fingerprint density at radius 2 is 1.85 bits per heavy atom. The van der Waals surface area contributed by atoms with Gasteiger partial charge in [-0.05, 0) is 59.8 Å². The molecule has 3 N–H and O–H groups in total. The van der Waals surface area contributed by atoms with Gasteiger partial charge in [-0.3, -0.25) is 0 Å². The fraction of sp³-hybridized carbons (Fsp3) is 0.538. The summed E-state index contributed by atoms with van der Waals surface area (Å²) in [6.07, 6.45) is 2.35. The Balaban J connectivity index is 1.98. The lowest BCUT2D eigenvalue weighted by Gasteiger charge is -2.36. The first-order chi connectivity index (χ1) is 9.39. The Bertz CT molecular complexity index is 621. The molecule has 0 spiro atoms.